The summed E-state index contributed by atoms with van der Waals surface area (Å²) in [6, 6.07) is 8.68. The van der Waals surface area contributed by atoms with Gasteiger partial charge in [-0.15, -0.1) is 0 Å². The summed E-state index contributed by atoms with van der Waals surface area (Å²) in [5.74, 6) is 1.06. The first-order valence-electron chi connectivity index (χ1n) is 11.2. The molecule has 1 aliphatic rings. The Morgan fingerprint density at radius 1 is 1.26 bits per heavy atom. The number of carbonyl (C=O) groups is 2. The molecule has 0 saturated carbocycles. The largest absolute Gasteiger partial charge is 0.497 e. The molecule has 1 amide bonds. The van der Waals surface area contributed by atoms with Gasteiger partial charge in [-0.2, -0.15) is 0 Å². The molecule has 1 aromatic heterocycles. The number of hydrogen-bond donors (Lipinski definition) is 1. The molecule has 0 aliphatic heterocycles. The minimum absolute atomic E-state index is 0.105. The Bertz CT molecular complexity index is 1120. The van der Waals surface area contributed by atoms with Gasteiger partial charge >= 0.3 is 5.97 Å². The molecule has 0 spiro atoms. The SMILES string of the molecule is COc1cc(OCC(=O)O)cc(-c2ccc(/C=C(\SC=S)C(=O)N(C)C3CC=CCCC3C)o2)c1. The van der Waals surface area contributed by atoms with Crippen molar-refractivity contribution in [3.63, 3.8) is 0 Å². The van der Waals surface area contributed by atoms with Crippen LogP contribution in [0.25, 0.3) is 17.4 Å². The fourth-order valence-electron chi connectivity index (χ4n) is 3.97. The van der Waals surface area contributed by atoms with Gasteiger partial charge in [-0.3, -0.25) is 4.79 Å². The number of thioether (sulfide) groups is 1. The average molecular weight is 516 g/mol. The molecule has 3 rings (SSSR count). The van der Waals surface area contributed by atoms with Crippen molar-refractivity contribution >= 4 is 46.6 Å². The number of nitrogens with zero attached hydrogens (tertiary/aromatic N) is 1. The third kappa shape index (κ3) is 7.22. The van der Waals surface area contributed by atoms with Crippen LogP contribution < -0.4 is 9.47 Å². The number of hydrogen-bond acceptors (Lipinski definition) is 7. The number of benzene rings is 1. The molecule has 7 nitrogen and oxygen atoms in total. The number of thiocarbonyl (C=S) groups is 1. The van der Waals surface area contributed by atoms with Crippen LogP contribution in [0.2, 0.25) is 0 Å². The fraction of sp³-hybridized carbons (Fsp3) is 0.346. The minimum Gasteiger partial charge on any atom is -0.497 e. The molecule has 0 bridgehead atoms. The molecule has 2 unspecified atom stereocenters. The van der Waals surface area contributed by atoms with Gasteiger partial charge in [0.05, 0.1) is 12.0 Å². The minimum atomic E-state index is -1.08. The molecule has 1 aromatic carbocycles. The highest BCUT2D eigenvalue weighted by atomic mass is 32.2. The van der Waals surface area contributed by atoms with Crippen molar-refractivity contribution < 1.29 is 28.6 Å². The van der Waals surface area contributed by atoms with Gasteiger partial charge in [-0.05, 0) is 49.4 Å². The van der Waals surface area contributed by atoms with Crippen LogP contribution in [0.1, 0.15) is 31.9 Å². The Labute approximate surface area is 214 Å². The Balaban J connectivity index is 1.85. The predicted octanol–water partition coefficient (Wildman–Crippen LogP) is 5.65. The van der Waals surface area contributed by atoms with Crippen LogP contribution in [0.15, 0.2) is 51.8 Å². The summed E-state index contributed by atoms with van der Waals surface area (Å²) in [5.41, 5.74) is 0.649. The highest BCUT2D eigenvalue weighted by molar-refractivity contribution is 8.24. The number of aliphatic carboxylic acids is 1. The zero-order chi connectivity index (χ0) is 25.4. The van der Waals surface area contributed by atoms with Gasteiger partial charge in [-0.1, -0.05) is 43.1 Å². The monoisotopic (exact) mass is 515 g/mol. The van der Waals surface area contributed by atoms with Crippen molar-refractivity contribution in [2.75, 3.05) is 20.8 Å². The molecule has 1 heterocycles. The van der Waals surface area contributed by atoms with E-state index < -0.39 is 12.6 Å². The summed E-state index contributed by atoms with van der Waals surface area (Å²) in [7, 11) is 3.35. The number of furan rings is 1. The molecule has 1 N–H and O–H groups in total. The Morgan fingerprint density at radius 3 is 2.74 bits per heavy atom. The topological polar surface area (TPSA) is 89.2 Å². The van der Waals surface area contributed by atoms with E-state index in [2.05, 4.69) is 19.1 Å². The highest BCUT2D eigenvalue weighted by Gasteiger charge is 2.27. The first-order valence-corrected chi connectivity index (χ1v) is 12.6. The standard InChI is InChI=1S/C26H29NO6S2/c1-17-7-5-4-6-8-22(17)27(2)26(30)24(35-16-34)14-19-9-10-23(33-19)18-11-20(31-3)13-21(12-18)32-15-25(28)29/h4,6,9-14,16-17,22H,5,7-8,15H2,1-3H3,(H,28,29)/b24-14-. The lowest BCUT2D eigenvalue weighted by atomic mass is 9.95. The smallest absolute Gasteiger partial charge is 0.341 e. The van der Waals surface area contributed by atoms with Crippen LogP contribution in [-0.2, 0) is 9.59 Å². The quantitative estimate of drug-likeness (QED) is 0.247. The zero-order valence-corrected chi connectivity index (χ0v) is 21.6. The lowest BCUT2D eigenvalue weighted by Crippen LogP contribution is -2.41. The predicted molar refractivity (Wildman–Crippen MR) is 142 cm³/mol. The fourth-order valence-corrected chi connectivity index (χ4v) is 4.82. The maximum Gasteiger partial charge on any atom is 0.341 e. The second kappa shape index (κ2) is 12.6. The molecule has 2 atom stereocenters. The molecular weight excluding hydrogens is 486 g/mol. The molecule has 0 saturated heterocycles. The number of methoxy groups -OCH3 is 1. The number of rotatable bonds is 10. The van der Waals surface area contributed by atoms with Gasteiger partial charge in [-0.25, -0.2) is 4.79 Å². The summed E-state index contributed by atoms with van der Waals surface area (Å²) in [5, 5.41) is 8.89. The average Bonchev–Trinajstić information content (AvgIpc) is 3.21. The molecule has 0 radical (unpaired) electrons. The van der Waals surface area contributed by atoms with Gasteiger partial charge in [0.25, 0.3) is 5.91 Å². The number of allylic oxidation sites excluding steroid dienone is 1. The van der Waals surface area contributed by atoms with E-state index in [1.165, 1.54) is 23.6 Å². The normalized spacial score (nSPS) is 18.0. The number of carboxylic acids is 1. The highest BCUT2D eigenvalue weighted by Crippen LogP contribution is 2.33. The van der Waals surface area contributed by atoms with Gasteiger partial charge in [0.15, 0.2) is 6.61 Å². The van der Waals surface area contributed by atoms with E-state index in [-0.39, 0.29) is 11.9 Å². The lowest BCUT2D eigenvalue weighted by molar-refractivity contribution is -0.139. The number of carbonyl (C=O) groups excluding carboxylic acids is 1. The first kappa shape index (κ1) is 26.6. The number of amides is 1. The van der Waals surface area contributed by atoms with Crippen molar-refractivity contribution in [1.29, 1.82) is 0 Å². The molecule has 35 heavy (non-hydrogen) atoms. The summed E-state index contributed by atoms with van der Waals surface area (Å²) < 4.78 is 18.1. The van der Waals surface area contributed by atoms with Crippen molar-refractivity contribution in [3.8, 4) is 22.8 Å². The zero-order valence-electron chi connectivity index (χ0n) is 19.9. The first-order chi connectivity index (χ1) is 16.8. The van der Waals surface area contributed by atoms with E-state index in [1.54, 1.807) is 41.3 Å². The van der Waals surface area contributed by atoms with Crippen LogP contribution in [0.5, 0.6) is 11.5 Å². The van der Waals surface area contributed by atoms with Gasteiger partial charge < -0.3 is 23.9 Å². The Morgan fingerprint density at radius 2 is 2.03 bits per heavy atom. The Hall–Kier alpha value is -3.04. The lowest BCUT2D eigenvalue weighted by Gasteiger charge is -2.31. The second-order valence-electron chi connectivity index (χ2n) is 8.25. The van der Waals surface area contributed by atoms with Gasteiger partial charge in [0, 0.05) is 35.5 Å². The number of likely N-dealkylation sites (N-methyl/N-ethyl adjacent to an activating group) is 1. The summed E-state index contributed by atoms with van der Waals surface area (Å²) in [4.78, 5) is 26.5. The summed E-state index contributed by atoms with van der Waals surface area (Å²) >= 11 is 6.22. The van der Waals surface area contributed by atoms with Crippen molar-refractivity contribution in [3.05, 3.63) is 53.1 Å². The van der Waals surface area contributed by atoms with Gasteiger partial charge in [0.1, 0.15) is 23.0 Å². The van der Waals surface area contributed by atoms with E-state index >= 15 is 0 Å². The second-order valence-corrected chi connectivity index (χ2v) is 9.69. The molecule has 186 valence electrons. The Kier molecular flexibility index (Phi) is 9.56. The van der Waals surface area contributed by atoms with Crippen molar-refractivity contribution in [2.24, 2.45) is 5.92 Å². The van der Waals surface area contributed by atoms with Crippen molar-refractivity contribution in [2.45, 2.75) is 32.2 Å². The molecule has 0 fully saturated rings. The third-order valence-corrected chi connectivity index (χ3v) is 6.79. The van der Waals surface area contributed by atoms with Crippen LogP contribution in [0, 0.1) is 5.92 Å². The molecule has 1 aliphatic carbocycles. The van der Waals surface area contributed by atoms with E-state index in [0.717, 1.165) is 19.3 Å². The summed E-state index contributed by atoms with van der Waals surface area (Å²) in [6.07, 6.45) is 8.91. The summed E-state index contributed by atoms with van der Waals surface area (Å²) in [6.45, 7) is 1.71. The van der Waals surface area contributed by atoms with Crippen LogP contribution in [0.4, 0.5) is 0 Å². The number of carboxylic acid groups (broad SMARTS) is 1. The van der Waals surface area contributed by atoms with E-state index in [0.29, 0.717) is 39.4 Å². The molecular formula is C26H29NO6S2. The van der Waals surface area contributed by atoms with Crippen molar-refractivity contribution in [1.82, 2.24) is 4.90 Å². The van der Waals surface area contributed by atoms with Crippen LogP contribution in [-0.4, -0.2) is 53.4 Å². The van der Waals surface area contributed by atoms with E-state index in [1.807, 2.05) is 7.05 Å². The maximum atomic E-state index is 13.4. The van der Waals surface area contributed by atoms with E-state index in [9.17, 15) is 9.59 Å². The van der Waals surface area contributed by atoms with Gasteiger partial charge in [0.2, 0.25) is 0 Å². The van der Waals surface area contributed by atoms with Crippen LogP contribution in [0.3, 0.4) is 0 Å². The van der Waals surface area contributed by atoms with E-state index in [4.69, 9.17) is 31.2 Å². The number of ether oxygens (including phenoxy) is 2. The molecule has 9 heteroatoms. The third-order valence-electron chi connectivity index (χ3n) is 5.86. The van der Waals surface area contributed by atoms with Crippen LogP contribution >= 0.6 is 24.0 Å². The molecule has 2 aromatic rings. The maximum absolute atomic E-state index is 13.4.